The van der Waals surface area contributed by atoms with Gasteiger partial charge in [0.05, 0.1) is 18.6 Å². The maximum absolute atomic E-state index is 13.2. The van der Waals surface area contributed by atoms with E-state index in [-0.39, 0.29) is 17.3 Å². The third-order valence-corrected chi connectivity index (χ3v) is 7.88. The van der Waals surface area contributed by atoms with Crippen molar-refractivity contribution in [3.05, 3.63) is 83.4 Å². The Kier molecular flexibility index (Phi) is 7.73. The molecule has 1 aliphatic heterocycles. The van der Waals surface area contributed by atoms with Crippen LogP contribution in [-0.2, 0) is 23.0 Å². The number of ether oxygens (including phenoxy) is 2. The smallest absolute Gasteiger partial charge is 0.255 e. The van der Waals surface area contributed by atoms with Crippen LogP contribution in [0.1, 0.15) is 41.3 Å². The van der Waals surface area contributed by atoms with Crippen molar-refractivity contribution in [1.29, 1.82) is 0 Å². The first-order valence-corrected chi connectivity index (χ1v) is 13.1. The maximum Gasteiger partial charge on any atom is 0.255 e. The molecule has 3 aromatic rings. The summed E-state index contributed by atoms with van der Waals surface area (Å²) in [6, 6.07) is 19.1. The first-order chi connectivity index (χ1) is 16.9. The van der Waals surface area contributed by atoms with E-state index in [0.29, 0.717) is 36.6 Å². The average molecular weight is 495 g/mol. The molecule has 1 N–H and O–H groups in total. The topological polar surface area (TPSA) is 84.9 Å². The van der Waals surface area contributed by atoms with E-state index in [4.69, 9.17) is 9.47 Å². The highest BCUT2D eigenvalue weighted by Crippen LogP contribution is 2.28. The standard InChI is InChI=1S/C27H30N2O5S/c1-3-4-17-34-25-9-6-21(7-10-25)27(30)28-23-8-5-20-15-16-29(19-22(20)18-23)35(31,32)26-13-11-24(33-2)12-14-26/h5-14,18H,3-4,15-17,19H2,1-2H3,(H,28,30). The lowest BCUT2D eigenvalue weighted by Crippen LogP contribution is -2.36. The molecule has 35 heavy (non-hydrogen) atoms. The number of sulfonamides is 1. The zero-order chi connectivity index (χ0) is 24.8. The van der Waals surface area contributed by atoms with E-state index in [1.54, 1.807) is 55.6 Å². The highest BCUT2D eigenvalue weighted by Gasteiger charge is 2.28. The number of anilines is 1. The van der Waals surface area contributed by atoms with Crippen LogP contribution in [-0.4, -0.2) is 38.9 Å². The van der Waals surface area contributed by atoms with E-state index < -0.39 is 10.0 Å². The van der Waals surface area contributed by atoms with Crippen molar-refractivity contribution in [3.63, 3.8) is 0 Å². The van der Waals surface area contributed by atoms with Gasteiger partial charge in [-0.25, -0.2) is 8.42 Å². The number of nitrogens with zero attached hydrogens (tertiary/aromatic N) is 1. The Labute approximate surface area is 206 Å². The number of amides is 1. The van der Waals surface area contributed by atoms with Gasteiger partial charge in [0.25, 0.3) is 5.91 Å². The molecule has 0 unspecified atom stereocenters. The molecule has 0 aliphatic carbocycles. The monoisotopic (exact) mass is 494 g/mol. The number of hydrogen-bond acceptors (Lipinski definition) is 5. The Morgan fingerprint density at radius 1 is 0.971 bits per heavy atom. The number of nitrogens with one attached hydrogen (secondary N) is 1. The van der Waals surface area contributed by atoms with Gasteiger partial charge in [0.15, 0.2) is 0 Å². The fourth-order valence-electron chi connectivity index (χ4n) is 3.95. The molecule has 0 fully saturated rings. The molecule has 0 bridgehead atoms. The Bertz CT molecular complexity index is 1270. The van der Waals surface area contributed by atoms with Gasteiger partial charge in [-0.2, -0.15) is 4.31 Å². The van der Waals surface area contributed by atoms with Gasteiger partial charge in [-0.15, -0.1) is 0 Å². The molecule has 4 rings (SSSR count). The molecule has 0 saturated heterocycles. The summed E-state index contributed by atoms with van der Waals surface area (Å²) >= 11 is 0. The molecular formula is C27H30N2O5S. The molecule has 1 amide bonds. The zero-order valence-corrected chi connectivity index (χ0v) is 20.8. The second-order valence-electron chi connectivity index (χ2n) is 8.43. The van der Waals surface area contributed by atoms with Crippen LogP contribution in [0.25, 0.3) is 0 Å². The van der Waals surface area contributed by atoms with Crippen LogP contribution in [0.2, 0.25) is 0 Å². The van der Waals surface area contributed by atoms with Crippen molar-refractivity contribution < 1.29 is 22.7 Å². The first kappa shape index (κ1) is 24.8. The summed E-state index contributed by atoms with van der Waals surface area (Å²) in [7, 11) is -2.10. The molecule has 7 nitrogen and oxygen atoms in total. The second-order valence-corrected chi connectivity index (χ2v) is 10.4. The van der Waals surface area contributed by atoms with Crippen LogP contribution in [0, 0.1) is 0 Å². The molecule has 0 atom stereocenters. The largest absolute Gasteiger partial charge is 0.497 e. The van der Waals surface area contributed by atoms with Crippen LogP contribution >= 0.6 is 0 Å². The van der Waals surface area contributed by atoms with Gasteiger partial charge in [-0.3, -0.25) is 4.79 Å². The van der Waals surface area contributed by atoms with Crippen LogP contribution in [0.3, 0.4) is 0 Å². The fourth-order valence-corrected chi connectivity index (χ4v) is 5.37. The molecule has 0 saturated carbocycles. The van der Waals surface area contributed by atoms with E-state index in [1.165, 1.54) is 4.31 Å². The van der Waals surface area contributed by atoms with E-state index in [2.05, 4.69) is 12.2 Å². The second kappa shape index (κ2) is 10.9. The van der Waals surface area contributed by atoms with Gasteiger partial charge >= 0.3 is 0 Å². The van der Waals surface area contributed by atoms with Crippen LogP contribution in [0.4, 0.5) is 5.69 Å². The lowest BCUT2D eigenvalue weighted by Gasteiger charge is -2.28. The SMILES string of the molecule is CCCCOc1ccc(C(=O)Nc2ccc3c(c2)CN(S(=O)(=O)c2ccc(OC)cc2)CC3)cc1. The summed E-state index contributed by atoms with van der Waals surface area (Å²) in [5.41, 5.74) is 3.11. The van der Waals surface area contributed by atoms with Crippen LogP contribution in [0.5, 0.6) is 11.5 Å². The van der Waals surface area contributed by atoms with E-state index in [9.17, 15) is 13.2 Å². The molecule has 184 valence electrons. The highest BCUT2D eigenvalue weighted by atomic mass is 32.2. The Morgan fingerprint density at radius 3 is 2.37 bits per heavy atom. The first-order valence-electron chi connectivity index (χ1n) is 11.7. The lowest BCUT2D eigenvalue weighted by atomic mass is 10.0. The van der Waals surface area contributed by atoms with Crippen molar-refractivity contribution in [3.8, 4) is 11.5 Å². The van der Waals surface area contributed by atoms with E-state index in [0.717, 1.165) is 29.7 Å². The molecule has 0 spiro atoms. The van der Waals surface area contributed by atoms with Crippen molar-refractivity contribution >= 4 is 21.6 Å². The number of fused-ring (bicyclic) bond motifs is 1. The molecule has 0 radical (unpaired) electrons. The van der Waals surface area contributed by atoms with Gasteiger partial charge in [-0.05, 0) is 84.6 Å². The minimum absolute atomic E-state index is 0.230. The molecule has 8 heteroatoms. The van der Waals surface area contributed by atoms with Crippen molar-refractivity contribution in [1.82, 2.24) is 4.31 Å². The summed E-state index contributed by atoms with van der Waals surface area (Å²) in [6.45, 7) is 3.41. The number of methoxy groups -OCH3 is 1. The van der Waals surface area contributed by atoms with Gasteiger partial charge in [0.2, 0.25) is 10.0 Å². The Balaban J connectivity index is 1.44. The van der Waals surface area contributed by atoms with Gasteiger partial charge in [0.1, 0.15) is 11.5 Å². The fraction of sp³-hybridized carbons (Fsp3) is 0.296. The average Bonchev–Trinajstić information content (AvgIpc) is 2.88. The van der Waals surface area contributed by atoms with Crippen LogP contribution < -0.4 is 14.8 Å². The molecule has 1 heterocycles. The predicted octanol–water partition coefficient (Wildman–Crippen LogP) is 4.87. The van der Waals surface area contributed by atoms with Gasteiger partial charge < -0.3 is 14.8 Å². The van der Waals surface area contributed by atoms with Crippen LogP contribution in [0.15, 0.2) is 71.6 Å². The summed E-state index contributed by atoms with van der Waals surface area (Å²) in [4.78, 5) is 13.0. The number of hydrogen-bond donors (Lipinski definition) is 1. The van der Waals surface area contributed by atoms with Gasteiger partial charge in [0, 0.05) is 24.3 Å². The third kappa shape index (κ3) is 5.83. The maximum atomic E-state index is 13.2. The molecule has 1 aliphatic rings. The summed E-state index contributed by atoms with van der Waals surface area (Å²) in [5, 5.41) is 2.92. The minimum atomic E-state index is -3.64. The van der Waals surface area contributed by atoms with E-state index in [1.807, 2.05) is 18.2 Å². The minimum Gasteiger partial charge on any atom is -0.497 e. The number of benzene rings is 3. The molecule has 3 aromatic carbocycles. The predicted molar refractivity (Wildman–Crippen MR) is 136 cm³/mol. The summed E-state index contributed by atoms with van der Waals surface area (Å²) in [6.07, 6.45) is 2.66. The Hall–Kier alpha value is -3.36. The van der Waals surface area contributed by atoms with Crippen molar-refractivity contribution in [2.75, 3.05) is 25.6 Å². The quantitative estimate of drug-likeness (QED) is 0.429. The highest BCUT2D eigenvalue weighted by molar-refractivity contribution is 7.89. The third-order valence-electron chi connectivity index (χ3n) is 6.02. The Morgan fingerprint density at radius 2 is 1.69 bits per heavy atom. The molecular weight excluding hydrogens is 464 g/mol. The number of carbonyl (C=O) groups excluding carboxylic acids is 1. The lowest BCUT2D eigenvalue weighted by molar-refractivity contribution is 0.102. The van der Waals surface area contributed by atoms with Crippen molar-refractivity contribution in [2.24, 2.45) is 0 Å². The summed E-state index contributed by atoms with van der Waals surface area (Å²) < 4.78 is 38.6. The zero-order valence-electron chi connectivity index (χ0n) is 20.0. The van der Waals surface area contributed by atoms with E-state index >= 15 is 0 Å². The van der Waals surface area contributed by atoms with Crippen molar-refractivity contribution in [2.45, 2.75) is 37.6 Å². The summed E-state index contributed by atoms with van der Waals surface area (Å²) in [5.74, 6) is 1.11. The number of rotatable bonds is 9. The number of carbonyl (C=O) groups is 1. The van der Waals surface area contributed by atoms with Gasteiger partial charge in [-0.1, -0.05) is 19.4 Å². The number of unbranched alkanes of at least 4 members (excludes halogenated alkanes) is 1. The normalized spacial score (nSPS) is 13.7. The molecule has 0 aromatic heterocycles.